The van der Waals surface area contributed by atoms with Gasteiger partial charge in [0.15, 0.2) is 0 Å². The van der Waals surface area contributed by atoms with E-state index < -0.39 is 22.3 Å². The molecule has 0 atom stereocenters. The van der Waals surface area contributed by atoms with Crippen LogP contribution in [0.2, 0.25) is 0 Å². The number of aromatic amines is 1. The average Bonchev–Trinajstić information content (AvgIpc) is 2.33. The number of halogens is 1. The van der Waals surface area contributed by atoms with Crippen LogP contribution in [0, 0.1) is 5.82 Å². The smallest absolute Gasteiger partial charge is 0.271 e. The largest absolute Gasteiger partial charge is 0.336 e. The van der Waals surface area contributed by atoms with Gasteiger partial charge >= 0.3 is 5.69 Å². The van der Waals surface area contributed by atoms with Crippen molar-refractivity contribution in [1.29, 1.82) is 0 Å². The van der Waals surface area contributed by atoms with Crippen LogP contribution in [-0.4, -0.2) is 20.5 Å². The Hall–Kier alpha value is -1.37. The minimum atomic E-state index is -1.14. The molecule has 0 aliphatic carbocycles. The van der Waals surface area contributed by atoms with Gasteiger partial charge in [-0.2, -0.15) is 4.39 Å². The lowest BCUT2D eigenvalue weighted by molar-refractivity contribution is 0.260. The second-order valence-electron chi connectivity index (χ2n) is 3.78. The third kappa shape index (κ3) is 4.14. The highest BCUT2D eigenvalue weighted by Gasteiger charge is 2.11. The Kier molecular flexibility index (Phi) is 5.84. The number of carbonyl (C=O) groups excluding carboxylic acids is 1. The van der Waals surface area contributed by atoms with Crippen molar-refractivity contribution < 1.29 is 9.18 Å². The maximum Gasteiger partial charge on any atom is 0.336 e. The minimum Gasteiger partial charge on any atom is -0.271 e. The monoisotopic (exact) mass is 274 g/mol. The second-order valence-corrected chi connectivity index (χ2v) is 4.83. The SMILES string of the molecule is CCCCCCSC(=O)n1cc(F)c(=O)[nH]c1=O. The van der Waals surface area contributed by atoms with E-state index in [0.717, 1.165) is 37.4 Å². The van der Waals surface area contributed by atoms with Gasteiger partial charge < -0.3 is 0 Å². The van der Waals surface area contributed by atoms with Gasteiger partial charge in [-0.25, -0.2) is 9.36 Å². The maximum atomic E-state index is 12.9. The number of nitrogens with zero attached hydrogens (tertiary/aromatic N) is 1. The maximum absolute atomic E-state index is 12.9. The van der Waals surface area contributed by atoms with Crippen molar-refractivity contribution in [2.24, 2.45) is 0 Å². The molecule has 1 heterocycles. The van der Waals surface area contributed by atoms with Crippen LogP contribution in [0.1, 0.15) is 32.6 Å². The molecule has 0 saturated heterocycles. The molecule has 5 nitrogen and oxygen atoms in total. The topological polar surface area (TPSA) is 71.9 Å². The van der Waals surface area contributed by atoms with Crippen molar-refractivity contribution in [2.45, 2.75) is 32.6 Å². The Labute approximate surface area is 107 Å². The van der Waals surface area contributed by atoms with E-state index in [2.05, 4.69) is 6.92 Å². The number of aromatic nitrogens is 2. The first-order chi connectivity index (χ1) is 8.56. The molecule has 0 bridgehead atoms. The number of unbranched alkanes of at least 4 members (excludes halogenated alkanes) is 3. The molecule has 18 heavy (non-hydrogen) atoms. The number of H-pyrrole nitrogens is 1. The summed E-state index contributed by atoms with van der Waals surface area (Å²) in [5.74, 6) is -0.569. The van der Waals surface area contributed by atoms with Gasteiger partial charge in [-0.1, -0.05) is 37.9 Å². The third-order valence-electron chi connectivity index (χ3n) is 2.32. The zero-order valence-electron chi connectivity index (χ0n) is 10.1. The summed E-state index contributed by atoms with van der Waals surface area (Å²) < 4.78 is 13.5. The van der Waals surface area contributed by atoms with Gasteiger partial charge in [-0.3, -0.25) is 14.6 Å². The van der Waals surface area contributed by atoms with E-state index in [9.17, 15) is 18.8 Å². The van der Waals surface area contributed by atoms with Crippen LogP contribution in [0.4, 0.5) is 9.18 Å². The van der Waals surface area contributed by atoms with Crippen molar-refractivity contribution in [1.82, 2.24) is 9.55 Å². The predicted octanol–water partition coefficient (Wildman–Crippen LogP) is 1.96. The van der Waals surface area contributed by atoms with E-state index in [4.69, 9.17) is 0 Å². The fraction of sp³-hybridized carbons (Fsp3) is 0.545. The number of thioether (sulfide) groups is 1. The number of rotatable bonds is 5. The Balaban J connectivity index is 2.60. The lowest BCUT2D eigenvalue weighted by Gasteiger charge is -2.03. The Morgan fingerprint density at radius 1 is 1.39 bits per heavy atom. The first-order valence-corrected chi connectivity index (χ1v) is 6.73. The van der Waals surface area contributed by atoms with E-state index in [-0.39, 0.29) is 0 Å². The van der Waals surface area contributed by atoms with Gasteiger partial charge in [-0.15, -0.1) is 0 Å². The normalized spacial score (nSPS) is 10.6. The number of nitrogens with one attached hydrogen (secondary N) is 1. The fourth-order valence-corrected chi connectivity index (χ4v) is 2.14. The van der Waals surface area contributed by atoms with Gasteiger partial charge in [0.05, 0.1) is 6.20 Å². The van der Waals surface area contributed by atoms with Crippen molar-refractivity contribution in [3.8, 4) is 0 Å². The van der Waals surface area contributed by atoms with Crippen LogP contribution in [0.3, 0.4) is 0 Å². The summed E-state index contributed by atoms with van der Waals surface area (Å²) in [4.78, 5) is 35.4. The Morgan fingerprint density at radius 3 is 2.78 bits per heavy atom. The Morgan fingerprint density at radius 2 is 2.11 bits per heavy atom. The molecule has 0 aromatic carbocycles. The third-order valence-corrected chi connectivity index (χ3v) is 3.26. The molecule has 0 unspecified atom stereocenters. The summed E-state index contributed by atoms with van der Waals surface area (Å²) in [6.45, 7) is 2.08. The fourth-order valence-electron chi connectivity index (χ4n) is 1.34. The van der Waals surface area contributed by atoms with Crippen LogP contribution in [-0.2, 0) is 0 Å². The van der Waals surface area contributed by atoms with Gasteiger partial charge in [0.1, 0.15) is 0 Å². The molecule has 100 valence electrons. The molecule has 7 heteroatoms. The van der Waals surface area contributed by atoms with Crippen LogP contribution in [0.5, 0.6) is 0 Å². The first kappa shape index (κ1) is 14.7. The van der Waals surface area contributed by atoms with Crippen LogP contribution in [0.25, 0.3) is 0 Å². The summed E-state index contributed by atoms with van der Waals surface area (Å²) >= 11 is 0.944. The zero-order valence-corrected chi connectivity index (χ0v) is 10.9. The second kappa shape index (κ2) is 7.15. The molecule has 0 saturated carbocycles. The van der Waals surface area contributed by atoms with Crippen molar-refractivity contribution in [3.05, 3.63) is 32.9 Å². The molecule has 1 aromatic rings. The Bertz CT molecular complexity index is 524. The van der Waals surface area contributed by atoms with Crippen molar-refractivity contribution in [2.75, 3.05) is 5.75 Å². The van der Waals surface area contributed by atoms with Gasteiger partial charge in [0, 0.05) is 5.75 Å². The van der Waals surface area contributed by atoms with Gasteiger partial charge in [0.2, 0.25) is 5.82 Å². The molecular formula is C11H15FN2O3S. The molecule has 0 radical (unpaired) electrons. The van der Waals surface area contributed by atoms with Crippen molar-refractivity contribution in [3.63, 3.8) is 0 Å². The number of carbonyl (C=O) groups is 1. The molecular weight excluding hydrogens is 259 g/mol. The molecule has 1 aromatic heterocycles. The molecule has 0 amide bonds. The molecule has 1 rings (SSSR count). The highest BCUT2D eigenvalue weighted by molar-refractivity contribution is 8.13. The molecule has 0 aliphatic rings. The highest BCUT2D eigenvalue weighted by atomic mass is 32.2. The summed E-state index contributed by atoms with van der Waals surface area (Å²) in [5.41, 5.74) is -2.02. The average molecular weight is 274 g/mol. The van der Waals surface area contributed by atoms with E-state index in [1.54, 1.807) is 4.98 Å². The van der Waals surface area contributed by atoms with E-state index in [0.29, 0.717) is 16.5 Å². The number of hydrogen-bond donors (Lipinski definition) is 1. The molecule has 0 aliphatic heterocycles. The van der Waals surface area contributed by atoms with Crippen LogP contribution in [0.15, 0.2) is 15.8 Å². The summed E-state index contributed by atoms with van der Waals surface area (Å²) in [6, 6.07) is 0. The lowest BCUT2D eigenvalue weighted by Crippen LogP contribution is -2.33. The van der Waals surface area contributed by atoms with Crippen molar-refractivity contribution >= 4 is 17.0 Å². The van der Waals surface area contributed by atoms with E-state index >= 15 is 0 Å². The summed E-state index contributed by atoms with van der Waals surface area (Å²) in [5, 5.41) is -0.577. The number of hydrogen-bond acceptors (Lipinski definition) is 4. The minimum absolute atomic E-state index is 0.575. The highest BCUT2D eigenvalue weighted by Crippen LogP contribution is 2.10. The quantitative estimate of drug-likeness (QED) is 0.833. The predicted molar refractivity (Wildman–Crippen MR) is 68.7 cm³/mol. The lowest BCUT2D eigenvalue weighted by atomic mass is 10.2. The van der Waals surface area contributed by atoms with Gasteiger partial charge in [-0.05, 0) is 6.42 Å². The van der Waals surface area contributed by atoms with Crippen LogP contribution < -0.4 is 11.2 Å². The summed E-state index contributed by atoms with van der Waals surface area (Å²) in [6.07, 6.45) is 4.71. The molecule has 0 fully saturated rings. The van der Waals surface area contributed by atoms with Gasteiger partial charge in [0.25, 0.3) is 10.8 Å². The first-order valence-electron chi connectivity index (χ1n) is 5.75. The summed E-state index contributed by atoms with van der Waals surface area (Å²) in [7, 11) is 0. The molecule has 1 N–H and O–H groups in total. The standard InChI is InChI=1S/C11H15FN2O3S/c1-2-3-4-5-6-18-11(17)14-7-8(12)9(15)13-10(14)16/h7H,2-6H2,1H3,(H,13,15,16). The van der Waals surface area contributed by atoms with E-state index in [1.807, 2.05) is 0 Å². The zero-order chi connectivity index (χ0) is 13.5. The molecule has 0 spiro atoms. The van der Waals surface area contributed by atoms with Crippen LogP contribution >= 0.6 is 11.8 Å². The van der Waals surface area contributed by atoms with E-state index in [1.165, 1.54) is 0 Å².